The van der Waals surface area contributed by atoms with Crippen LogP contribution in [0, 0.1) is 21.3 Å². The number of pyridine rings is 1. The number of nitrogens with zero attached hydrogens (tertiary/aromatic N) is 2. The molecule has 9 heteroatoms. The summed E-state index contributed by atoms with van der Waals surface area (Å²) >= 11 is 0. The van der Waals surface area contributed by atoms with Gasteiger partial charge in [0.1, 0.15) is 0 Å². The third-order valence-corrected chi connectivity index (χ3v) is 2.12. The first-order valence-electron chi connectivity index (χ1n) is 5.76. The van der Waals surface area contributed by atoms with Gasteiger partial charge in [-0.15, -0.1) is 6.41 Å². The van der Waals surface area contributed by atoms with Crippen molar-refractivity contribution in [3.8, 4) is 0 Å². The average molecular weight is 370 g/mol. The van der Waals surface area contributed by atoms with E-state index in [2.05, 4.69) is 29.0 Å². The summed E-state index contributed by atoms with van der Waals surface area (Å²) in [5, 5.41) is 1.03. The maximum absolute atomic E-state index is 12.2. The van der Waals surface area contributed by atoms with Gasteiger partial charge in [-0.1, -0.05) is 0 Å². The van der Waals surface area contributed by atoms with E-state index in [0.717, 1.165) is 17.3 Å². The van der Waals surface area contributed by atoms with E-state index >= 15 is 0 Å². The Bertz CT molecular complexity index is 415. The standard InChI is InChI=1S/C9H9F3N3O.C4H8O.CH3.V/c1-15(6-16)14-5-8-3-2-7(4-13-8)9(10,11)12;1-4(2)5-3;;/h2-4,14H,5H2,1H3;4H,1-2H2,3H3;1H3;/q-1;-2;-1;+4. The molecular formula is C14H20F3N3O2V. The molecule has 0 aliphatic rings. The Labute approximate surface area is 147 Å². The Morgan fingerprint density at radius 2 is 1.96 bits per heavy atom. The van der Waals surface area contributed by atoms with Gasteiger partial charge < -0.3 is 35.8 Å². The minimum absolute atomic E-state index is 0. The number of hydrogen-bond acceptors (Lipinski definition) is 4. The van der Waals surface area contributed by atoms with E-state index in [4.69, 9.17) is 0 Å². The number of alkyl halides is 3. The first-order chi connectivity index (χ1) is 9.70. The molecule has 0 bridgehead atoms. The van der Waals surface area contributed by atoms with Crippen molar-refractivity contribution in [3.63, 3.8) is 0 Å². The second kappa shape index (κ2) is 13.4. The molecule has 1 N–H and O–H groups in total. The van der Waals surface area contributed by atoms with Crippen LogP contribution in [0.4, 0.5) is 13.2 Å². The van der Waals surface area contributed by atoms with Crippen molar-refractivity contribution in [2.45, 2.75) is 18.8 Å². The fraction of sp³-hybridized carbons (Fsp3) is 0.357. The van der Waals surface area contributed by atoms with Crippen LogP contribution < -0.4 is 5.43 Å². The van der Waals surface area contributed by atoms with Gasteiger partial charge in [-0.2, -0.15) is 19.3 Å². The number of ether oxygens (including phenoxy) is 1. The molecule has 1 aromatic heterocycles. The van der Waals surface area contributed by atoms with E-state index in [-0.39, 0.29) is 38.6 Å². The van der Waals surface area contributed by atoms with Gasteiger partial charge in [-0.3, -0.25) is 10.4 Å². The number of methoxy groups -OCH3 is 1. The number of hydrazine groups is 1. The molecular weight excluding hydrogens is 350 g/mol. The maximum atomic E-state index is 12.2. The monoisotopic (exact) mass is 370 g/mol. The van der Waals surface area contributed by atoms with Crippen LogP contribution in [-0.2, 0) is 40.8 Å². The zero-order valence-electron chi connectivity index (χ0n) is 13.2. The van der Waals surface area contributed by atoms with Crippen LogP contribution >= 0.6 is 0 Å². The molecule has 1 amide bonds. The van der Waals surface area contributed by atoms with E-state index in [1.165, 1.54) is 19.5 Å². The Kier molecular flexibility index (Phi) is 15.6. The predicted octanol–water partition coefficient (Wildman–Crippen LogP) is 2.22. The van der Waals surface area contributed by atoms with E-state index in [9.17, 15) is 18.0 Å². The van der Waals surface area contributed by atoms with Gasteiger partial charge in [-0.05, 0) is 19.2 Å². The summed E-state index contributed by atoms with van der Waals surface area (Å²) in [6.45, 7) is 7.00. The molecule has 0 aliphatic heterocycles. The second-order valence-corrected chi connectivity index (χ2v) is 3.88. The molecule has 0 spiro atoms. The van der Waals surface area contributed by atoms with E-state index in [1.54, 1.807) is 7.11 Å². The van der Waals surface area contributed by atoms with Gasteiger partial charge in [0.25, 0.3) is 0 Å². The summed E-state index contributed by atoms with van der Waals surface area (Å²) in [4.78, 5) is 13.7. The molecule has 1 aromatic rings. The van der Waals surface area contributed by atoms with E-state index < -0.39 is 11.7 Å². The van der Waals surface area contributed by atoms with Crippen LogP contribution in [0.3, 0.4) is 0 Å². The van der Waals surface area contributed by atoms with Gasteiger partial charge in [0, 0.05) is 13.3 Å². The molecule has 0 aliphatic carbocycles. The third-order valence-electron chi connectivity index (χ3n) is 2.12. The summed E-state index contributed by atoms with van der Waals surface area (Å²) in [5.41, 5.74) is 2.17. The van der Waals surface area contributed by atoms with Gasteiger partial charge in [0.15, 0.2) is 0 Å². The van der Waals surface area contributed by atoms with Crippen molar-refractivity contribution in [2.24, 2.45) is 0 Å². The molecule has 0 atom stereocenters. The third kappa shape index (κ3) is 13.1. The summed E-state index contributed by atoms with van der Waals surface area (Å²) in [6, 6.07) is 2.18. The zero-order chi connectivity index (χ0) is 16.5. The molecule has 0 fully saturated rings. The Morgan fingerprint density at radius 3 is 2.26 bits per heavy atom. The fourth-order valence-corrected chi connectivity index (χ4v) is 0.929. The van der Waals surface area contributed by atoms with Crippen molar-refractivity contribution in [3.05, 3.63) is 50.9 Å². The first-order valence-corrected chi connectivity index (χ1v) is 5.76. The molecule has 0 saturated carbocycles. The maximum Gasteiger partial charge on any atom is 4.00 e. The molecule has 1 rings (SSSR count). The minimum atomic E-state index is -4.38. The summed E-state index contributed by atoms with van der Waals surface area (Å²) in [7, 11) is 3.00. The number of halogens is 3. The Balaban J connectivity index is -0.000000502. The van der Waals surface area contributed by atoms with Crippen molar-refractivity contribution in [1.29, 1.82) is 0 Å². The fourth-order valence-electron chi connectivity index (χ4n) is 0.929. The minimum Gasteiger partial charge on any atom is -0.518 e. The van der Waals surface area contributed by atoms with Crippen LogP contribution in [0.25, 0.3) is 0 Å². The predicted molar refractivity (Wildman–Crippen MR) is 77.5 cm³/mol. The second-order valence-electron chi connectivity index (χ2n) is 3.88. The number of aromatic nitrogens is 1. The average Bonchev–Trinajstić information content (AvgIpc) is 2.44. The molecule has 5 nitrogen and oxygen atoms in total. The smallest absolute Gasteiger partial charge is 0.518 e. The van der Waals surface area contributed by atoms with E-state index in [0.29, 0.717) is 5.69 Å². The van der Waals surface area contributed by atoms with Crippen molar-refractivity contribution in [1.82, 2.24) is 15.4 Å². The van der Waals surface area contributed by atoms with Gasteiger partial charge >= 0.3 is 24.7 Å². The van der Waals surface area contributed by atoms with Gasteiger partial charge in [-0.25, -0.2) is 0 Å². The van der Waals surface area contributed by atoms with Crippen molar-refractivity contribution >= 4 is 6.41 Å². The van der Waals surface area contributed by atoms with Crippen molar-refractivity contribution in [2.75, 3.05) is 14.2 Å². The molecule has 1 heterocycles. The number of amides is 1. The number of rotatable bonds is 5. The van der Waals surface area contributed by atoms with Crippen LogP contribution in [-0.4, -0.2) is 36.7 Å². The van der Waals surface area contributed by atoms with Gasteiger partial charge in [0.2, 0.25) is 0 Å². The molecule has 0 saturated heterocycles. The van der Waals surface area contributed by atoms with Gasteiger partial charge in [0.05, 0.1) is 17.8 Å². The molecule has 1 radical (unpaired) electrons. The summed E-state index contributed by atoms with van der Waals surface area (Å²) < 4.78 is 41.0. The Morgan fingerprint density at radius 1 is 1.43 bits per heavy atom. The number of carbonyl (C=O) groups excluding carboxylic acids is 1. The largest absolute Gasteiger partial charge is 4.00 e. The summed E-state index contributed by atoms with van der Waals surface area (Å²) in [6.07, 6.45) is -2.21. The van der Waals surface area contributed by atoms with Crippen LogP contribution in [0.15, 0.2) is 18.3 Å². The molecule has 129 valence electrons. The van der Waals surface area contributed by atoms with Crippen LogP contribution in [0.5, 0.6) is 0 Å². The van der Waals surface area contributed by atoms with Crippen molar-refractivity contribution < 1.29 is 41.3 Å². The molecule has 23 heavy (non-hydrogen) atoms. The number of nitrogens with one attached hydrogen (secondary N) is 1. The summed E-state index contributed by atoms with van der Waals surface area (Å²) in [5.74, 6) is 0. The Hall–Kier alpha value is -1.09. The molecule has 0 aromatic carbocycles. The van der Waals surface area contributed by atoms with Crippen LogP contribution in [0.1, 0.15) is 11.3 Å². The van der Waals surface area contributed by atoms with E-state index in [1.807, 2.05) is 0 Å². The zero-order valence-corrected chi connectivity index (χ0v) is 14.6. The first kappa shape index (κ1) is 26.8. The normalized spacial score (nSPS) is 9.91. The SMILES string of the molecule is CN([C-]=O)NCc1ccc(C(F)(F)F)cn1.[CH2-]C([CH2-])OC.[CH3-].[V+4]. The molecule has 0 unspecified atom stereocenters. The van der Waals surface area contributed by atoms with Crippen LogP contribution in [0.2, 0.25) is 0 Å². The quantitative estimate of drug-likeness (QED) is 0.491. The topological polar surface area (TPSA) is 54.5 Å². The number of hydrogen-bond donors (Lipinski definition) is 1.